The molecule has 0 radical (unpaired) electrons. The third kappa shape index (κ3) is 3.80. The number of hydrogen-bond donors (Lipinski definition) is 1. The minimum absolute atomic E-state index is 0.185. The predicted molar refractivity (Wildman–Crippen MR) is 113 cm³/mol. The summed E-state index contributed by atoms with van der Waals surface area (Å²) in [5.41, 5.74) is 2.84. The van der Waals surface area contributed by atoms with Crippen LogP contribution in [0.1, 0.15) is 40.6 Å². The minimum atomic E-state index is -0.328. The van der Waals surface area contributed by atoms with Crippen molar-refractivity contribution in [3.63, 3.8) is 0 Å². The summed E-state index contributed by atoms with van der Waals surface area (Å²) >= 11 is 1.32. The molecule has 1 aliphatic heterocycles. The van der Waals surface area contributed by atoms with Gasteiger partial charge < -0.3 is 15.0 Å². The van der Waals surface area contributed by atoms with Crippen LogP contribution in [0.15, 0.2) is 30.6 Å². The van der Waals surface area contributed by atoms with Gasteiger partial charge in [0.15, 0.2) is 0 Å². The largest absolute Gasteiger partial charge is 0.462 e. The second kappa shape index (κ2) is 8.16. The molecule has 2 aromatic heterocycles. The van der Waals surface area contributed by atoms with Crippen molar-refractivity contribution in [1.29, 1.82) is 0 Å². The number of aryl methyl sites for hydroxylation is 1. The van der Waals surface area contributed by atoms with Crippen molar-refractivity contribution in [1.82, 2.24) is 9.97 Å². The van der Waals surface area contributed by atoms with Crippen LogP contribution in [0.5, 0.6) is 0 Å². The Morgan fingerprint density at radius 1 is 1.28 bits per heavy atom. The first-order chi connectivity index (χ1) is 14.1. The highest BCUT2D eigenvalue weighted by atomic mass is 32.1. The van der Waals surface area contributed by atoms with Gasteiger partial charge in [-0.2, -0.15) is 0 Å². The Labute approximate surface area is 172 Å². The zero-order valence-electron chi connectivity index (χ0n) is 16.4. The van der Waals surface area contributed by atoms with E-state index in [1.165, 1.54) is 17.7 Å². The van der Waals surface area contributed by atoms with Crippen LogP contribution in [0.4, 0.5) is 11.5 Å². The van der Waals surface area contributed by atoms with Gasteiger partial charge in [-0.15, -0.1) is 11.3 Å². The number of carbonyl (C=O) groups excluding carboxylic acids is 2. The zero-order chi connectivity index (χ0) is 20.4. The molecule has 1 aliphatic rings. The number of nitrogens with one attached hydrogen (secondary N) is 1. The van der Waals surface area contributed by atoms with Crippen LogP contribution in [-0.2, 0) is 16.1 Å². The number of ether oxygens (including phenoxy) is 1. The lowest BCUT2D eigenvalue weighted by molar-refractivity contribution is -0.117. The summed E-state index contributed by atoms with van der Waals surface area (Å²) in [4.78, 5) is 35.9. The molecule has 3 heterocycles. The second-order valence-corrected chi connectivity index (χ2v) is 7.85. The fourth-order valence-electron chi connectivity index (χ4n) is 3.50. The highest BCUT2D eigenvalue weighted by Gasteiger charge is 2.22. The van der Waals surface area contributed by atoms with Crippen LogP contribution < -0.4 is 10.2 Å². The first-order valence-electron chi connectivity index (χ1n) is 9.63. The Kier molecular flexibility index (Phi) is 5.44. The molecule has 1 aromatic carbocycles. The van der Waals surface area contributed by atoms with Crippen molar-refractivity contribution >= 4 is 44.9 Å². The van der Waals surface area contributed by atoms with Crippen molar-refractivity contribution < 1.29 is 14.3 Å². The van der Waals surface area contributed by atoms with E-state index in [0.717, 1.165) is 40.0 Å². The Hall–Kier alpha value is -3.00. The van der Waals surface area contributed by atoms with E-state index < -0.39 is 0 Å². The van der Waals surface area contributed by atoms with Crippen molar-refractivity contribution in [2.75, 3.05) is 23.4 Å². The highest BCUT2D eigenvalue weighted by molar-refractivity contribution is 7.20. The molecule has 29 heavy (non-hydrogen) atoms. The number of anilines is 2. The Morgan fingerprint density at radius 2 is 2.07 bits per heavy atom. The van der Waals surface area contributed by atoms with Crippen LogP contribution in [0.2, 0.25) is 0 Å². The summed E-state index contributed by atoms with van der Waals surface area (Å²) in [6.45, 7) is 5.38. The number of rotatable bonds is 6. The molecule has 1 amide bonds. The smallest absolute Gasteiger partial charge is 0.348 e. The van der Waals surface area contributed by atoms with Gasteiger partial charge in [-0.1, -0.05) is 12.1 Å². The number of carbonyl (C=O) groups is 2. The maximum Gasteiger partial charge on any atom is 0.348 e. The monoisotopic (exact) mass is 410 g/mol. The summed E-state index contributed by atoms with van der Waals surface area (Å²) in [6.07, 6.45) is 3.04. The highest BCUT2D eigenvalue weighted by Crippen LogP contribution is 2.34. The molecule has 4 rings (SSSR count). The zero-order valence-corrected chi connectivity index (χ0v) is 17.2. The topological polar surface area (TPSA) is 84.4 Å². The molecule has 0 atom stereocenters. The molecular formula is C21H22N4O3S. The fourth-order valence-corrected chi connectivity index (χ4v) is 4.54. The quantitative estimate of drug-likeness (QED) is 0.620. The summed E-state index contributed by atoms with van der Waals surface area (Å²) in [7, 11) is 0. The summed E-state index contributed by atoms with van der Waals surface area (Å²) in [6, 6.07) is 7.97. The Balaban J connectivity index is 1.52. The fraction of sp³-hybridized carbons (Fsp3) is 0.333. The van der Waals surface area contributed by atoms with E-state index in [4.69, 9.17) is 4.74 Å². The van der Waals surface area contributed by atoms with Crippen LogP contribution in [-0.4, -0.2) is 35.0 Å². The lowest BCUT2D eigenvalue weighted by Gasteiger charge is -2.16. The standard InChI is InChI=1S/C21H22N4O3S/c1-3-28-21(27)18-13(2)17-19(23-12-24-20(17)29-18)22-11-14-6-8-15(9-7-14)25-10-4-5-16(25)26/h6-9,12H,3-5,10-11H2,1-2H3,(H,22,23,24). The molecule has 1 fully saturated rings. The normalized spacial score (nSPS) is 13.9. The van der Waals surface area contributed by atoms with E-state index in [2.05, 4.69) is 15.3 Å². The molecule has 7 nitrogen and oxygen atoms in total. The molecule has 0 spiro atoms. The molecule has 8 heteroatoms. The summed E-state index contributed by atoms with van der Waals surface area (Å²) < 4.78 is 5.14. The molecule has 1 N–H and O–H groups in total. The van der Waals surface area contributed by atoms with Gasteiger partial charge in [0.1, 0.15) is 21.9 Å². The molecule has 3 aromatic rings. The van der Waals surface area contributed by atoms with Crippen LogP contribution >= 0.6 is 11.3 Å². The van der Waals surface area contributed by atoms with Crippen molar-refractivity contribution in [3.8, 4) is 0 Å². The van der Waals surface area contributed by atoms with Gasteiger partial charge in [0.25, 0.3) is 0 Å². The SMILES string of the molecule is CCOC(=O)c1sc2ncnc(NCc3ccc(N4CCCC4=O)cc3)c2c1C. The first-order valence-corrected chi connectivity index (χ1v) is 10.4. The van der Waals surface area contributed by atoms with E-state index in [9.17, 15) is 9.59 Å². The van der Waals surface area contributed by atoms with E-state index in [1.54, 1.807) is 6.92 Å². The van der Waals surface area contributed by atoms with Gasteiger partial charge in [0.2, 0.25) is 5.91 Å². The lowest BCUT2D eigenvalue weighted by Crippen LogP contribution is -2.23. The number of benzene rings is 1. The van der Waals surface area contributed by atoms with E-state index in [0.29, 0.717) is 30.3 Å². The van der Waals surface area contributed by atoms with Crippen LogP contribution in [0.3, 0.4) is 0 Å². The maximum absolute atomic E-state index is 12.2. The maximum atomic E-state index is 12.2. The second-order valence-electron chi connectivity index (χ2n) is 6.85. The molecular weight excluding hydrogens is 388 g/mol. The van der Waals surface area contributed by atoms with Gasteiger partial charge in [-0.25, -0.2) is 14.8 Å². The van der Waals surface area contributed by atoms with E-state index >= 15 is 0 Å². The molecule has 0 unspecified atom stereocenters. The van der Waals surface area contributed by atoms with Crippen molar-refractivity contribution in [2.24, 2.45) is 0 Å². The van der Waals surface area contributed by atoms with Gasteiger partial charge in [0, 0.05) is 25.2 Å². The summed E-state index contributed by atoms with van der Waals surface area (Å²) in [5, 5.41) is 4.20. The number of nitrogens with zero attached hydrogens (tertiary/aromatic N) is 3. The number of aromatic nitrogens is 2. The number of esters is 1. The molecule has 0 aliphatic carbocycles. The first kappa shape index (κ1) is 19.3. The molecule has 1 saturated heterocycles. The van der Waals surface area contributed by atoms with Gasteiger partial charge >= 0.3 is 5.97 Å². The average Bonchev–Trinajstić information content (AvgIpc) is 3.31. The number of hydrogen-bond acceptors (Lipinski definition) is 7. The van der Waals surface area contributed by atoms with Gasteiger partial charge in [0.05, 0.1) is 12.0 Å². The van der Waals surface area contributed by atoms with Gasteiger partial charge in [-0.05, 0) is 43.5 Å². The Morgan fingerprint density at radius 3 is 2.76 bits per heavy atom. The van der Waals surface area contributed by atoms with Crippen LogP contribution in [0.25, 0.3) is 10.2 Å². The third-order valence-corrected chi connectivity index (χ3v) is 6.15. The molecule has 0 bridgehead atoms. The van der Waals surface area contributed by atoms with Crippen LogP contribution in [0, 0.1) is 6.92 Å². The van der Waals surface area contributed by atoms with E-state index in [1.807, 2.05) is 36.1 Å². The van der Waals surface area contributed by atoms with Crippen molar-refractivity contribution in [3.05, 3.63) is 46.6 Å². The number of amides is 1. The Bertz CT molecular complexity index is 1060. The average molecular weight is 410 g/mol. The lowest BCUT2D eigenvalue weighted by atomic mass is 10.1. The minimum Gasteiger partial charge on any atom is -0.462 e. The predicted octanol–water partition coefficient (Wildman–Crippen LogP) is 3.92. The molecule has 0 saturated carbocycles. The molecule has 150 valence electrons. The number of thiophene rings is 1. The van der Waals surface area contributed by atoms with E-state index in [-0.39, 0.29) is 11.9 Å². The summed E-state index contributed by atoms with van der Waals surface area (Å²) in [5.74, 6) is 0.550. The third-order valence-electron chi connectivity index (χ3n) is 4.97. The van der Waals surface area contributed by atoms with Gasteiger partial charge in [-0.3, -0.25) is 4.79 Å². The number of fused-ring (bicyclic) bond motifs is 1. The van der Waals surface area contributed by atoms with Crippen molar-refractivity contribution in [2.45, 2.75) is 33.2 Å².